The Balaban J connectivity index is 2.00. The molecule has 0 bridgehead atoms. The van der Waals surface area contributed by atoms with Gasteiger partial charge in [0.15, 0.2) is 0 Å². The molecule has 2 N–H and O–H groups in total. The van der Waals surface area contributed by atoms with E-state index in [2.05, 4.69) is 30.3 Å². The largest absolute Gasteiger partial charge is 0.497 e. The van der Waals surface area contributed by atoms with Gasteiger partial charge in [-0.1, -0.05) is 30.3 Å². The molecule has 0 amide bonds. The van der Waals surface area contributed by atoms with Crippen molar-refractivity contribution >= 4 is 21.4 Å². The smallest absolute Gasteiger partial charge is 0.119 e. The number of benzene rings is 2. The average molecular weight is 269 g/mol. The Hall–Kier alpha value is -1.84. The minimum Gasteiger partial charge on any atom is -0.497 e. The Morgan fingerprint density at radius 1 is 1.05 bits per heavy atom. The Bertz CT molecular complexity index is 672. The third-order valence-corrected chi connectivity index (χ3v) is 4.40. The van der Waals surface area contributed by atoms with Gasteiger partial charge in [0.1, 0.15) is 5.75 Å². The van der Waals surface area contributed by atoms with Crippen LogP contribution in [0.5, 0.6) is 5.75 Å². The van der Waals surface area contributed by atoms with Crippen LogP contribution in [-0.2, 0) is 0 Å². The number of methoxy groups -OCH3 is 1. The first-order valence-electron chi connectivity index (χ1n) is 6.16. The second kappa shape index (κ2) is 5.03. The van der Waals surface area contributed by atoms with E-state index in [1.807, 2.05) is 24.3 Å². The van der Waals surface area contributed by atoms with E-state index in [0.717, 1.165) is 11.3 Å². The van der Waals surface area contributed by atoms with Gasteiger partial charge >= 0.3 is 0 Å². The molecule has 1 aromatic heterocycles. The van der Waals surface area contributed by atoms with E-state index in [4.69, 9.17) is 10.5 Å². The van der Waals surface area contributed by atoms with Crippen molar-refractivity contribution in [2.24, 2.45) is 5.73 Å². The molecule has 3 heteroatoms. The Morgan fingerprint density at radius 2 is 1.89 bits per heavy atom. The Labute approximate surface area is 116 Å². The number of hydrogen-bond acceptors (Lipinski definition) is 3. The fraction of sp³-hybridized carbons (Fsp3) is 0.125. The third kappa shape index (κ3) is 2.35. The summed E-state index contributed by atoms with van der Waals surface area (Å²) in [4.78, 5) is 1.18. The van der Waals surface area contributed by atoms with Crippen LogP contribution >= 0.6 is 11.3 Å². The van der Waals surface area contributed by atoms with Crippen LogP contribution in [0.3, 0.4) is 0 Å². The number of ether oxygens (including phenoxy) is 1. The molecule has 0 aliphatic heterocycles. The second-order valence-corrected chi connectivity index (χ2v) is 5.56. The van der Waals surface area contributed by atoms with Crippen molar-refractivity contribution in [2.75, 3.05) is 7.11 Å². The first kappa shape index (κ1) is 12.2. The third-order valence-electron chi connectivity index (χ3n) is 3.20. The van der Waals surface area contributed by atoms with Gasteiger partial charge in [-0.3, -0.25) is 0 Å². The monoisotopic (exact) mass is 269 g/mol. The van der Waals surface area contributed by atoms with E-state index >= 15 is 0 Å². The number of hydrogen-bond donors (Lipinski definition) is 1. The van der Waals surface area contributed by atoms with Crippen LogP contribution in [0.15, 0.2) is 54.6 Å². The summed E-state index contributed by atoms with van der Waals surface area (Å²) in [6, 6.07) is 18.4. The Morgan fingerprint density at radius 3 is 2.68 bits per heavy atom. The van der Waals surface area contributed by atoms with Crippen LogP contribution in [0.2, 0.25) is 0 Å². The first-order chi connectivity index (χ1) is 9.28. The van der Waals surface area contributed by atoms with Gasteiger partial charge in [-0.05, 0) is 35.2 Å². The fourth-order valence-electron chi connectivity index (χ4n) is 2.15. The SMILES string of the molecule is COc1cccc(C(N)c2cc3ccccc3s2)c1. The van der Waals surface area contributed by atoms with Crippen LogP contribution in [0.4, 0.5) is 0 Å². The zero-order valence-electron chi connectivity index (χ0n) is 10.7. The molecule has 0 saturated heterocycles. The lowest BCUT2D eigenvalue weighted by atomic mass is 10.1. The van der Waals surface area contributed by atoms with Gasteiger partial charge in [-0.25, -0.2) is 0 Å². The average Bonchev–Trinajstić information content (AvgIpc) is 2.90. The lowest BCUT2D eigenvalue weighted by molar-refractivity contribution is 0.414. The van der Waals surface area contributed by atoms with Gasteiger partial charge in [0.2, 0.25) is 0 Å². The van der Waals surface area contributed by atoms with Crippen molar-refractivity contribution in [1.29, 1.82) is 0 Å². The van der Waals surface area contributed by atoms with Gasteiger partial charge in [-0.2, -0.15) is 0 Å². The van der Waals surface area contributed by atoms with Crippen molar-refractivity contribution in [1.82, 2.24) is 0 Å². The maximum atomic E-state index is 6.36. The zero-order valence-corrected chi connectivity index (χ0v) is 11.5. The minimum atomic E-state index is -0.104. The molecule has 0 fully saturated rings. The van der Waals surface area contributed by atoms with Gasteiger partial charge in [0.25, 0.3) is 0 Å². The Kier molecular flexibility index (Phi) is 3.23. The molecule has 0 spiro atoms. The summed E-state index contributed by atoms with van der Waals surface area (Å²) < 4.78 is 6.52. The summed E-state index contributed by atoms with van der Waals surface area (Å²) in [6.45, 7) is 0. The number of rotatable bonds is 3. The first-order valence-corrected chi connectivity index (χ1v) is 6.97. The van der Waals surface area contributed by atoms with E-state index in [9.17, 15) is 0 Å². The molecule has 2 nitrogen and oxygen atoms in total. The normalized spacial score (nSPS) is 12.5. The van der Waals surface area contributed by atoms with E-state index in [1.54, 1.807) is 18.4 Å². The van der Waals surface area contributed by atoms with Crippen molar-refractivity contribution in [3.63, 3.8) is 0 Å². The van der Waals surface area contributed by atoms with Crippen molar-refractivity contribution in [2.45, 2.75) is 6.04 Å². The molecule has 96 valence electrons. The van der Waals surface area contributed by atoms with E-state index in [1.165, 1.54) is 15.0 Å². The van der Waals surface area contributed by atoms with Gasteiger partial charge in [-0.15, -0.1) is 11.3 Å². The van der Waals surface area contributed by atoms with Crippen LogP contribution in [0.25, 0.3) is 10.1 Å². The lowest BCUT2D eigenvalue weighted by Gasteiger charge is -2.11. The molecule has 0 saturated carbocycles. The van der Waals surface area contributed by atoms with Crippen molar-refractivity contribution in [3.05, 3.63) is 65.0 Å². The van der Waals surface area contributed by atoms with Crippen molar-refractivity contribution in [3.8, 4) is 5.75 Å². The van der Waals surface area contributed by atoms with Crippen molar-refractivity contribution < 1.29 is 4.74 Å². The number of nitrogens with two attached hydrogens (primary N) is 1. The molecular weight excluding hydrogens is 254 g/mol. The lowest BCUT2D eigenvalue weighted by Crippen LogP contribution is -2.10. The zero-order chi connectivity index (χ0) is 13.2. The maximum Gasteiger partial charge on any atom is 0.119 e. The minimum absolute atomic E-state index is 0.104. The predicted octanol–water partition coefficient (Wildman–Crippen LogP) is 3.96. The molecule has 1 heterocycles. The number of fused-ring (bicyclic) bond motifs is 1. The highest BCUT2D eigenvalue weighted by atomic mass is 32.1. The molecule has 1 atom stereocenters. The summed E-state index contributed by atoms with van der Waals surface area (Å²) in [5.41, 5.74) is 7.43. The van der Waals surface area contributed by atoms with Gasteiger partial charge < -0.3 is 10.5 Å². The molecule has 0 aliphatic carbocycles. The van der Waals surface area contributed by atoms with Gasteiger partial charge in [0.05, 0.1) is 13.2 Å². The van der Waals surface area contributed by atoms with Crippen LogP contribution in [-0.4, -0.2) is 7.11 Å². The highest BCUT2D eigenvalue weighted by molar-refractivity contribution is 7.19. The maximum absolute atomic E-state index is 6.36. The molecular formula is C16H15NOS. The van der Waals surface area contributed by atoms with Gasteiger partial charge in [0, 0.05) is 9.58 Å². The van der Waals surface area contributed by atoms with Crippen LogP contribution < -0.4 is 10.5 Å². The van der Waals surface area contributed by atoms with Crippen LogP contribution in [0.1, 0.15) is 16.5 Å². The summed E-state index contributed by atoms with van der Waals surface area (Å²) in [7, 11) is 1.67. The second-order valence-electron chi connectivity index (χ2n) is 4.44. The number of thiophene rings is 1. The van der Waals surface area contributed by atoms with E-state index in [0.29, 0.717) is 0 Å². The predicted molar refractivity (Wildman–Crippen MR) is 80.8 cm³/mol. The summed E-state index contributed by atoms with van der Waals surface area (Å²) in [6.07, 6.45) is 0. The topological polar surface area (TPSA) is 35.2 Å². The molecule has 0 aliphatic rings. The standard InChI is InChI=1S/C16H15NOS/c1-18-13-7-4-6-12(9-13)16(17)15-10-11-5-2-3-8-14(11)19-15/h2-10,16H,17H2,1H3. The fourth-order valence-corrected chi connectivity index (χ4v) is 3.25. The van der Waals surface area contributed by atoms with Crippen LogP contribution in [0, 0.1) is 0 Å². The molecule has 19 heavy (non-hydrogen) atoms. The molecule has 0 radical (unpaired) electrons. The molecule has 3 aromatic rings. The summed E-state index contributed by atoms with van der Waals surface area (Å²) >= 11 is 1.75. The van der Waals surface area contributed by atoms with E-state index in [-0.39, 0.29) is 6.04 Å². The molecule has 2 aromatic carbocycles. The quantitative estimate of drug-likeness (QED) is 0.781. The highest BCUT2D eigenvalue weighted by Gasteiger charge is 2.12. The summed E-state index contributed by atoms with van der Waals surface area (Å²) in [5.74, 6) is 0.842. The molecule has 1 unspecified atom stereocenters. The summed E-state index contributed by atoms with van der Waals surface area (Å²) in [5, 5.41) is 1.25. The highest BCUT2D eigenvalue weighted by Crippen LogP contribution is 2.32. The molecule has 3 rings (SSSR count). The van der Waals surface area contributed by atoms with E-state index < -0.39 is 0 Å².